The van der Waals surface area contributed by atoms with Gasteiger partial charge in [0.1, 0.15) is 5.75 Å². The van der Waals surface area contributed by atoms with Gasteiger partial charge in [0.05, 0.1) is 10.6 Å². The number of rotatable bonds is 2. The highest BCUT2D eigenvalue weighted by atomic mass is 32.1. The number of likely N-dealkylation sites (tertiary alicyclic amines) is 1. The SMILES string of the molecule is Cc1cnc([C@@H]2CCCN(C(=O)c3ccccc3O)C2)s1. The molecular weight excluding hydrogens is 284 g/mol. The topological polar surface area (TPSA) is 53.4 Å². The van der Waals surface area contributed by atoms with Gasteiger partial charge in [0, 0.05) is 30.1 Å². The first-order valence-corrected chi connectivity index (χ1v) is 7.96. The molecule has 0 bridgehead atoms. The molecular formula is C16H18N2O2S. The molecule has 4 nitrogen and oxygen atoms in total. The van der Waals surface area contributed by atoms with Crippen LogP contribution in [0.15, 0.2) is 30.5 Å². The smallest absolute Gasteiger partial charge is 0.257 e. The van der Waals surface area contributed by atoms with Crippen molar-refractivity contribution >= 4 is 17.2 Å². The second-order valence-corrected chi connectivity index (χ2v) is 6.68. The molecule has 0 saturated carbocycles. The molecule has 0 aliphatic carbocycles. The number of hydrogen-bond donors (Lipinski definition) is 1. The number of carbonyl (C=O) groups excluding carboxylic acids is 1. The number of carbonyl (C=O) groups is 1. The average Bonchev–Trinajstić information content (AvgIpc) is 2.94. The van der Waals surface area contributed by atoms with Crippen LogP contribution in [0, 0.1) is 6.92 Å². The summed E-state index contributed by atoms with van der Waals surface area (Å²) in [7, 11) is 0. The maximum absolute atomic E-state index is 12.6. The summed E-state index contributed by atoms with van der Waals surface area (Å²) in [5.41, 5.74) is 0.383. The molecule has 1 aromatic carbocycles. The first kappa shape index (κ1) is 14.1. The molecule has 21 heavy (non-hydrogen) atoms. The van der Waals surface area contributed by atoms with Crippen molar-refractivity contribution in [2.75, 3.05) is 13.1 Å². The van der Waals surface area contributed by atoms with Crippen molar-refractivity contribution in [3.63, 3.8) is 0 Å². The number of phenols is 1. The fourth-order valence-electron chi connectivity index (χ4n) is 2.75. The van der Waals surface area contributed by atoms with Gasteiger partial charge in [-0.3, -0.25) is 4.79 Å². The summed E-state index contributed by atoms with van der Waals surface area (Å²) in [5.74, 6) is 0.271. The summed E-state index contributed by atoms with van der Waals surface area (Å²) in [4.78, 5) is 20.0. The van der Waals surface area contributed by atoms with Gasteiger partial charge >= 0.3 is 0 Å². The Kier molecular flexibility index (Phi) is 3.92. The number of nitrogens with zero attached hydrogens (tertiary/aromatic N) is 2. The predicted molar refractivity (Wildman–Crippen MR) is 82.8 cm³/mol. The molecule has 1 aromatic heterocycles. The normalized spacial score (nSPS) is 18.7. The van der Waals surface area contributed by atoms with E-state index in [2.05, 4.69) is 11.9 Å². The lowest BCUT2D eigenvalue weighted by atomic mass is 9.98. The number of para-hydroxylation sites is 1. The number of aromatic hydroxyl groups is 1. The quantitative estimate of drug-likeness (QED) is 0.927. The standard InChI is InChI=1S/C16H18N2O2S/c1-11-9-17-15(21-11)12-5-4-8-18(10-12)16(20)13-6-2-3-7-14(13)19/h2-3,6-7,9,12,19H,4-5,8,10H2,1H3/t12-/m1/s1. The van der Waals surface area contributed by atoms with Gasteiger partial charge in [-0.05, 0) is 31.9 Å². The third-order valence-electron chi connectivity index (χ3n) is 3.83. The number of benzene rings is 1. The highest BCUT2D eigenvalue weighted by Gasteiger charge is 2.28. The Morgan fingerprint density at radius 1 is 1.43 bits per heavy atom. The van der Waals surface area contributed by atoms with E-state index >= 15 is 0 Å². The molecule has 0 spiro atoms. The summed E-state index contributed by atoms with van der Waals surface area (Å²) >= 11 is 1.71. The third-order valence-corrected chi connectivity index (χ3v) is 4.91. The molecule has 3 rings (SSSR count). The lowest BCUT2D eigenvalue weighted by molar-refractivity contribution is 0.0704. The van der Waals surface area contributed by atoms with Crippen LogP contribution in [0.1, 0.15) is 39.0 Å². The second kappa shape index (κ2) is 5.85. The molecule has 1 saturated heterocycles. The minimum atomic E-state index is -0.0916. The van der Waals surface area contributed by atoms with Crippen LogP contribution in [0.3, 0.4) is 0 Å². The summed E-state index contributed by atoms with van der Waals surface area (Å²) in [6.07, 6.45) is 3.93. The zero-order chi connectivity index (χ0) is 14.8. The average molecular weight is 302 g/mol. The van der Waals surface area contributed by atoms with Crippen LogP contribution < -0.4 is 0 Å². The van der Waals surface area contributed by atoms with Crippen molar-refractivity contribution in [1.29, 1.82) is 0 Å². The van der Waals surface area contributed by atoms with E-state index in [1.807, 2.05) is 11.1 Å². The Hall–Kier alpha value is -1.88. The first-order chi connectivity index (χ1) is 10.1. The summed E-state index contributed by atoms with van der Waals surface area (Å²) in [6.45, 7) is 3.48. The van der Waals surface area contributed by atoms with E-state index in [9.17, 15) is 9.90 Å². The molecule has 5 heteroatoms. The lowest BCUT2D eigenvalue weighted by Crippen LogP contribution is -2.39. The first-order valence-electron chi connectivity index (χ1n) is 7.15. The van der Waals surface area contributed by atoms with Crippen molar-refractivity contribution < 1.29 is 9.90 Å². The van der Waals surface area contributed by atoms with Gasteiger partial charge in [-0.15, -0.1) is 11.3 Å². The van der Waals surface area contributed by atoms with Crippen LogP contribution >= 0.6 is 11.3 Å². The largest absolute Gasteiger partial charge is 0.507 e. The summed E-state index contributed by atoms with van der Waals surface area (Å²) in [5, 5.41) is 11.0. The number of piperidine rings is 1. The van der Waals surface area contributed by atoms with Gasteiger partial charge in [-0.2, -0.15) is 0 Å². The van der Waals surface area contributed by atoms with Crippen LogP contribution in [0.5, 0.6) is 5.75 Å². The second-order valence-electron chi connectivity index (χ2n) is 5.42. The molecule has 1 amide bonds. The van der Waals surface area contributed by atoms with E-state index in [4.69, 9.17) is 0 Å². The number of aryl methyl sites for hydroxylation is 1. The van der Waals surface area contributed by atoms with Gasteiger partial charge < -0.3 is 10.0 Å². The van der Waals surface area contributed by atoms with E-state index < -0.39 is 0 Å². The molecule has 1 N–H and O–H groups in total. The Morgan fingerprint density at radius 2 is 2.24 bits per heavy atom. The van der Waals surface area contributed by atoms with E-state index in [0.717, 1.165) is 24.4 Å². The molecule has 0 unspecified atom stereocenters. The lowest BCUT2D eigenvalue weighted by Gasteiger charge is -2.32. The van der Waals surface area contributed by atoms with Crippen LogP contribution in [-0.4, -0.2) is 34.0 Å². The number of thiazole rings is 1. The van der Waals surface area contributed by atoms with Crippen LogP contribution in [0.25, 0.3) is 0 Å². The fraction of sp³-hybridized carbons (Fsp3) is 0.375. The van der Waals surface area contributed by atoms with E-state index in [1.54, 1.807) is 35.6 Å². The Labute approximate surface area is 128 Å². The van der Waals surface area contributed by atoms with E-state index in [0.29, 0.717) is 18.0 Å². The number of amides is 1. The van der Waals surface area contributed by atoms with Crippen molar-refractivity contribution in [1.82, 2.24) is 9.88 Å². The van der Waals surface area contributed by atoms with Gasteiger partial charge in [0.25, 0.3) is 5.91 Å². The van der Waals surface area contributed by atoms with E-state index in [1.165, 1.54) is 4.88 Å². The highest BCUT2D eigenvalue weighted by molar-refractivity contribution is 7.11. The molecule has 110 valence electrons. The van der Waals surface area contributed by atoms with Crippen LogP contribution in [0.2, 0.25) is 0 Å². The number of aromatic nitrogens is 1. The number of phenolic OH excluding ortho intramolecular Hbond substituents is 1. The number of hydrogen-bond acceptors (Lipinski definition) is 4. The Morgan fingerprint density at radius 3 is 2.95 bits per heavy atom. The van der Waals surface area contributed by atoms with Gasteiger partial charge in [-0.25, -0.2) is 4.98 Å². The van der Waals surface area contributed by atoms with Crippen molar-refractivity contribution in [3.8, 4) is 5.75 Å². The van der Waals surface area contributed by atoms with Crippen molar-refractivity contribution in [2.24, 2.45) is 0 Å². The maximum Gasteiger partial charge on any atom is 0.257 e. The fourth-order valence-corrected chi connectivity index (χ4v) is 3.65. The van der Waals surface area contributed by atoms with Gasteiger partial charge in [0.2, 0.25) is 0 Å². The monoisotopic (exact) mass is 302 g/mol. The van der Waals surface area contributed by atoms with Crippen LogP contribution in [-0.2, 0) is 0 Å². The summed E-state index contributed by atoms with van der Waals surface area (Å²) in [6, 6.07) is 6.73. The molecule has 0 radical (unpaired) electrons. The molecule has 1 fully saturated rings. The zero-order valence-electron chi connectivity index (χ0n) is 12.0. The van der Waals surface area contributed by atoms with Gasteiger partial charge in [0.15, 0.2) is 0 Å². The zero-order valence-corrected chi connectivity index (χ0v) is 12.8. The molecule has 1 aliphatic heterocycles. The molecule has 2 aromatic rings. The Bertz CT molecular complexity index is 653. The van der Waals surface area contributed by atoms with Gasteiger partial charge in [-0.1, -0.05) is 12.1 Å². The third kappa shape index (κ3) is 2.93. The highest BCUT2D eigenvalue weighted by Crippen LogP contribution is 2.31. The minimum Gasteiger partial charge on any atom is -0.507 e. The van der Waals surface area contributed by atoms with Crippen molar-refractivity contribution in [2.45, 2.75) is 25.7 Å². The van der Waals surface area contributed by atoms with Crippen LogP contribution in [0.4, 0.5) is 0 Å². The predicted octanol–water partition coefficient (Wildman–Crippen LogP) is 3.18. The molecule has 2 heterocycles. The molecule has 1 atom stereocenters. The summed E-state index contributed by atoms with van der Waals surface area (Å²) < 4.78 is 0. The molecule has 1 aliphatic rings. The Balaban J connectivity index is 1.77. The van der Waals surface area contributed by atoms with Crippen molar-refractivity contribution in [3.05, 3.63) is 45.9 Å². The minimum absolute atomic E-state index is 0.0507. The maximum atomic E-state index is 12.6. The van der Waals surface area contributed by atoms with E-state index in [-0.39, 0.29) is 11.7 Å².